The Balaban J connectivity index is 1.61. The fourth-order valence-corrected chi connectivity index (χ4v) is 3.84. The first-order chi connectivity index (χ1) is 14.3. The molecule has 3 heterocycles. The lowest BCUT2D eigenvalue weighted by Gasteiger charge is -2.27. The SMILES string of the molecule is CC(=O)[C@@H](C)N1Cc2ccc(-c3nc(NC4CCOCC4F)ncc3C)cc2C1=O. The number of halogens is 1. The molecule has 8 heteroatoms. The number of nitrogens with zero attached hydrogens (tertiary/aromatic N) is 3. The zero-order valence-electron chi connectivity index (χ0n) is 17.3. The number of benzene rings is 1. The van der Waals surface area contributed by atoms with Crippen molar-refractivity contribution in [2.45, 2.75) is 52.0 Å². The van der Waals surface area contributed by atoms with E-state index in [2.05, 4.69) is 15.3 Å². The number of carbonyl (C=O) groups excluding carboxylic acids is 2. The van der Waals surface area contributed by atoms with Crippen LogP contribution in [0.3, 0.4) is 0 Å². The van der Waals surface area contributed by atoms with Crippen LogP contribution in [0.25, 0.3) is 11.3 Å². The minimum absolute atomic E-state index is 0.0435. The minimum Gasteiger partial charge on any atom is -0.378 e. The number of amides is 1. The van der Waals surface area contributed by atoms with E-state index in [0.29, 0.717) is 36.8 Å². The molecule has 1 fully saturated rings. The van der Waals surface area contributed by atoms with E-state index in [1.54, 1.807) is 18.0 Å². The number of rotatable bonds is 5. The van der Waals surface area contributed by atoms with Crippen LogP contribution in [0.5, 0.6) is 0 Å². The second kappa shape index (κ2) is 8.10. The number of carbonyl (C=O) groups is 2. The van der Waals surface area contributed by atoms with E-state index in [4.69, 9.17) is 4.74 Å². The highest BCUT2D eigenvalue weighted by molar-refractivity contribution is 6.02. The van der Waals surface area contributed by atoms with Crippen molar-refractivity contribution < 1.29 is 18.7 Å². The lowest BCUT2D eigenvalue weighted by atomic mass is 10.0. The molecule has 1 aromatic carbocycles. The third-order valence-electron chi connectivity index (χ3n) is 5.84. The Labute approximate surface area is 174 Å². The Morgan fingerprint density at radius 2 is 2.20 bits per heavy atom. The van der Waals surface area contributed by atoms with Crippen molar-refractivity contribution in [2.75, 3.05) is 18.5 Å². The highest BCUT2D eigenvalue weighted by Gasteiger charge is 2.33. The van der Waals surface area contributed by atoms with Crippen LogP contribution in [0.2, 0.25) is 0 Å². The molecule has 1 N–H and O–H groups in total. The number of anilines is 1. The molecule has 0 aliphatic carbocycles. The van der Waals surface area contributed by atoms with Crippen LogP contribution in [0.4, 0.5) is 10.3 Å². The number of aromatic nitrogens is 2. The molecule has 1 saturated heterocycles. The Morgan fingerprint density at radius 1 is 1.40 bits per heavy atom. The molecule has 30 heavy (non-hydrogen) atoms. The monoisotopic (exact) mass is 412 g/mol. The topological polar surface area (TPSA) is 84.4 Å². The minimum atomic E-state index is -1.11. The molecule has 158 valence electrons. The standard InChI is InChI=1S/C22H25FN4O3/c1-12-9-24-22(25-19-6-7-30-11-18(19)23)26-20(12)15-4-5-16-10-27(13(2)14(3)28)21(29)17(16)8-15/h4-5,8-9,13,18-19H,6-7,10-11H2,1-3H3,(H,24,25,26)/t13-,18?,19?/m1/s1. The van der Waals surface area contributed by atoms with Gasteiger partial charge in [0.05, 0.1) is 24.4 Å². The first kappa shape index (κ1) is 20.4. The smallest absolute Gasteiger partial charge is 0.255 e. The van der Waals surface area contributed by atoms with Crippen molar-refractivity contribution in [1.29, 1.82) is 0 Å². The maximum atomic E-state index is 14.1. The number of aryl methyl sites for hydroxylation is 1. The molecule has 2 unspecified atom stereocenters. The predicted molar refractivity (Wildman–Crippen MR) is 110 cm³/mol. The van der Waals surface area contributed by atoms with Gasteiger partial charge in [-0.2, -0.15) is 0 Å². The van der Waals surface area contributed by atoms with Gasteiger partial charge in [0, 0.05) is 30.5 Å². The summed E-state index contributed by atoms with van der Waals surface area (Å²) in [7, 11) is 0. The fraction of sp³-hybridized carbons (Fsp3) is 0.455. The van der Waals surface area contributed by atoms with Crippen LogP contribution in [0.1, 0.15) is 41.8 Å². The van der Waals surface area contributed by atoms with Crippen LogP contribution in [-0.2, 0) is 16.1 Å². The molecule has 2 aliphatic heterocycles. The summed E-state index contributed by atoms with van der Waals surface area (Å²) in [6.07, 6.45) is 1.13. The Kier molecular flexibility index (Phi) is 5.51. The van der Waals surface area contributed by atoms with Gasteiger partial charge in [0.25, 0.3) is 5.91 Å². The quantitative estimate of drug-likeness (QED) is 0.813. The fourth-order valence-electron chi connectivity index (χ4n) is 3.84. The first-order valence-corrected chi connectivity index (χ1v) is 10.1. The summed E-state index contributed by atoms with van der Waals surface area (Å²) in [4.78, 5) is 35.1. The number of ether oxygens (including phenoxy) is 1. The van der Waals surface area contributed by atoms with Crippen molar-refractivity contribution in [3.05, 3.63) is 41.1 Å². The van der Waals surface area contributed by atoms with E-state index in [-0.39, 0.29) is 18.3 Å². The van der Waals surface area contributed by atoms with Crippen LogP contribution >= 0.6 is 0 Å². The molecule has 7 nitrogen and oxygen atoms in total. The van der Waals surface area contributed by atoms with Gasteiger partial charge in [-0.3, -0.25) is 9.59 Å². The number of fused-ring (bicyclic) bond motifs is 1. The van der Waals surface area contributed by atoms with Crippen molar-refractivity contribution in [2.24, 2.45) is 0 Å². The second-order valence-electron chi connectivity index (χ2n) is 7.95. The summed E-state index contributed by atoms with van der Waals surface area (Å²) in [5.74, 6) is 0.156. The average molecular weight is 412 g/mol. The molecular weight excluding hydrogens is 387 g/mol. The Morgan fingerprint density at radius 3 is 2.93 bits per heavy atom. The number of hydrogen-bond donors (Lipinski definition) is 1. The summed E-state index contributed by atoms with van der Waals surface area (Å²) in [5, 5.41) is 3.07. The van der Waals surface area contributed by atoms with Crippen LogP contribution in [0, 0.1) is 6.92 Å². The highest BCUT2D eigenvalue weighted by atomic mass is 19.1. The highest BCUT2D eigenvalue weighted by Crippen LogP contribution is 2.31. The molecular formula is C22H25FN4O3. The summed E-state index contributed by atoms with van der Waals surface area (Å²) in [6, 6.07) is 4.78. The molecule has 2 aliphatic rings. The number of Topliss-reactive ketones (excluding diaryl/α,β-unsaturated/α-hetero) is 1. The number of alkyl halides is 1. The second-order valence-corrected chi connectivity index (χ2v) is 7.95. The van der Waals surface area contributed by atoms with Crippen LogP contribution in [-0.4, -0.2) is 58.0 Å². The van der Waals surface area contributed by atoms with Crippen LogP contribution in [0.15, 0.2) is 24.4 Å². The van der Waals surface area contributed by atoms with Gasteiger partial charge in [0.1, 0.15) is 6.17 Å². The number of hydrogen-bond acceptors (Lipinski definition) is 6. The molecule has 1 aromatic heterocycles. The average Bonchev–Trinajstić information content (AvgIpc) is 3.06. The molecule has 0 bridgehead atoms. The Bertz CT molecular complexity index is 996. The van der Waals surface area contributed by atoms with E-state index in [0.717, 1.165) is 16.7 Å². The first-order valence-electron chi connectivity index (χ1n) is 10.1. The normalized spacial score (nSPS) is 22.0. The largest absolute Gasteiger partial charge is 0.378 e. The van der Waals surface area contributed by atoms with Gasteiger partial charge in [0.2, 0.25) is 5.95 Å². The van der Waals surface area contributed by atoms with Crippen molar-refractivity contribution in [3.63, 3.8) is 0 Å². The van der Waals surface area contributed by atoms with Crippen molar-refractivity contribution in [1.82, 2.24) is 14.9 Å². The third-order valence-corrected chi connectivity index (χ3v) is 5.84. The number of ketones is 1. The Hall–Kier alpha value is -2.87. The van der Waals surface area contributed by atoms with Gasteiger partial charge < -0.3 is 15.0 Å². The predicted octanol–water partition coefficient (Wildman–Crippen LogP) is 2.92. The summed E-state index contributed by atoms with van der Waals surface area (Å²) >= 11 is 0. The van der Waals surface area contributed by atoms with E-state index >= 15 is 0 Å². The van der Waals surface area contributed by atoms with Gasteiger partial charge >= 0.3 is 0 Å². The molecule has 0 saturated carbocycles. The van der Waals surface area contributed by atoms with E-state index in [9.17, 15) is 14.0 Å². The lowest BCUT2D eigenvalue weighted by molar-refractivity contribution is -0.120. The summed E-state index contributed by atoms with van der Waals surface area (Å²) in [6.45, 7) is 6.12. The van der Waals surface area contributed by atoms with Gasteiger partial charge in [-0.25, -0.2) is 14.4 Å². The molecule has 4 rings (SSSR count). The zero-order chi connectivity index (χ0) is 21.4. The van der Waals surface area contributed by atoms with Crippen molar-refractivity contribution >= 4 is 17.6 Å². The molecule has 0 spiro atoms. The summed E-state index contributed by atoms with van der Waals surface area (Å²) < 4.78 is 19.2. The molecule has 1 amide bonds. The lowest BCUT2D eigenvalue weighted by Crippen LogP contribution is -2.39. The third kappa shape index (κ3) is 3.79. The van der Waals surface area contributed by atoms with Crippen LogP contribution < -0.4 is 5.32 Å². The van der Waals surface area contributed by atoms with Crippen molar-refractivity contribution in [3.8, 4) is 11.3 Å². The molecule has 0 radical (unpaired) electrons. The maximum absolute atomic E-state index is 14.1. The van der Waals surface area contributed by atoms with Gasteiger partial charge in [0.15, 0.2) is 5.78 Å². The van der Waals surface area contributed by atoms with Gasteiger partial charge in [-0.1, -0.05) is 12.1 Å². The van der Waals surface area contributed by atoms with E-state index < -0.39 is 18.3 Å². The van der Waals surface area contributed by atoms with Gasteiger partial charge in [-0.05, 0) is 44.4 Å². The zero-order valence-corrected chi connectivity index (χ0v) is 17.3. The van der Waals surface area contributed by atoms with E-state index in [1.807, 2.05) is 25.1 Å². The summed E-state index contributed by atoms with van der Waals surface area (Å²) in [5.41, 5.74) is 3.80. The maximum Gasteiger partial charge on any atom is 0.255 e. The molecule has 2 aromatic rings. The molecule has 3 atom stereocenters. The number of nitrogens with one attached hydrogen (secondary N) is 1. The van der Waals surface area contributed by atoms with Gasteiger partial charge in [-0.15, -0.1) is 0 Å². The van der Waals surface area contributed by atoms with E-state index in [1.165, 1.54) is 6.92 Å².